The first-order valence-electron chi connectivity index (χ1n) is 4.48. The number of aromatic nitrogens is 1. The zero-order valence-electron chi connectivity index (χ0n) is 7.97. The van der Waals surface area contributed by atoms with E-state index in [1.54, 1.807) is 24.3 Å². The third-order valence-electron chi connectivity index (χ3n) is 2.02. The van der Waals surface area contributed by atoms with E-state index in [0.717, 1.165) is 5.56 Å². The van der Waals surface area contributed by atoms with Gasteiger partial charge in [0.1, 0.15) is 6.26 Å². The Morgan fingerprint density at radius 3 is 2.60 bits per heavy atom. The van der Waals surface area contributed by atoms with Gasteiger partial charge in [-0.05, 0) is 30.6 Å². The molecule has 1 heterocycles. The van der Waals surface area contributed by atoms with E-state index in [1.807, 2.05) is 0 Å². The van der Waals surface area contributed by atoms with Gasteiger partial charge in [-0.2, -0.15) is 5.26 Å². The van der Waals surface area contributed by atoms with Crippen molar-refractivity contribution in [1.29, 1.82) is 5.26 Å². The van der Waals surface area contributed by atoms with Gasteiger partial charge in [-0.15, -0.1) is 0 Å². The SMILES string of the molecule is [B]Cc1coc(-c2ccc(C#N)cc2)n1. The molecule has 1 aromatic carbocycles. The Morgan fingerprint density at radius 2 is 2.07 bits per heavy atom. The minimum absolute atomic E-state index is 0.361. The molecule has 4 heteroatoms. The molecule has 2 rings (SSSR count). The molecular weight excluding hydrogens is 187 g/mol. The summed E-state index contributed by atoms with van der Waals surface area (Å²) in [6, 6.07) is 9.09. The second kappa shape index (κ2) is 4.01. The number of benzene rings is 1. The topological polar surface area (TPSA) is 49.8 Å². The van der Waals surface area contributed by atoms with Crippen LogP contribution in [0.4, 0.5) is 0 Å². The molecule has 2 aromatic rings. The van der Waals surface area contributed by atoms with E-state index in [0.29, 0.717) is 23.5 Å². The van der Waals surface area contributed by atoms with Crippen molar-refractivity contribution in [2.75, 3.05) is 0 Å². The molecule has 0 bridgehead atoms. The van der Waals surface area contributed by atoms with Crippen molar-refractivity contribution in [1.82, 2.24) is 4.98 Å². The van der Waals surface area contributed by atoms with Gasteiger partial charge in [0.15, 0.2) is 0 Å². The predicted molar refractivity (Wildman–Crippen MR) is 56.1 cm³/mol. The first-order valence-corrected chi connectivity index (χ1v) is 4.48. The highest BCUT2D eigenvalue weighted by Crippen LogP contribution is 2.18. The summed E-state index contributed by atoms with van der Waals surface area (Å²) in [5.41, 5.74) is 2.17. The fourth-order valence-electron chi connectivity index (χ4n) is 1.22. The Bertz CT molecular complexity index is 496. The Labute approximate surface area is 88.8 Å². The molecule has 2 radical (unpaired) electrons. The summed E-state index contributed by atoms with van der Waals surface area (Å²) >= 11 is 0. The number of hydrogen-bond acceptors (Lipinski definition) is 3. The summed E-state index contributed by atoms with van der Waals surface area (Å²) in [4.78, 5) is 4.18. The Morgan fingerprint density at radius 1 is 1.33 bits per heavy atom. The van der Waals surface area contributed by atoms with Crippen molar-refractivity contribution < 1.29 is 4.42 Å². The van der Waals surface area contributed by atoms with Gasteiger partial charge in [-0.1, -0.05) is 0 Å². The Balaban J connectivity index is 2.33. The van der Waals surface area contributed by atoms with E-state index >= 15 is 0 Å². The third-order valence-corrected chi connectivity index (χ3v) is 2.02. The fourth-order valence-corrected chi connectivity index (χ4v) is 1.22. The monoisotopic (exact) mass is 194 g/mol. The number of nitrogens with zero attached hydrogens (tertiary/aromatic N) is 2. The van der Waals surface area contributed by atoms with Gasteiger partial charge in [0.25, 0.3) is 0 Å². The van der Waals surface area contributed by atoms with Crippen LogP contribution in [0.3, 0.4) is 0 Å². The van der Waals surface area contributed by atoms with Gasteiger partial charge in [0.05, 0.1) is 25.2 Å². The predicted octanol–water partition coefficient (Wildman–Crippen LogP) is 1.88. The van der Waals surface area contributed by atoms with Gasteiger partial charge in [-0.25, -0.2) is 4.98 Å². The average molecular weight is 194 g/mol. The summed E-state index contributed by atoms with van der Waals surface area (Å²) < 4.78 is 5.24. The van der Waals surface area contributed by atoms with Crippen LogP contribution < -0.4 is 0 Å². The van der Waals surface area contributed by atoms with Crippen molar-refractivity contribution >= 4 is 7.85 Å². The van der Waals surface area contributed by atoms with Crippen LogP contribution in [-0.4, -0.2) is 12.8 Å². The van der Waals surface area contributed by atoms with E-state index in [-0.39, 0.29) is 0 Å². The van der Waals surface area contributed by atoms with Gasteiger partial charge in [0.2, 0.25) is 5.89 Å². The van der Waals surface area contributed by atoms with Gasteiger partial charge >= 0.3 is 0 Å². The quantitative estimate of drug-likeness (QED) is 0.685. The molecule has 0 aliphatic carbocycles. The molecule has 0 saturated carbocycles. The van der Waals surface area contributed by atoms with E-state index in [9.17, 15) is 0 Å². The number of nitriles is 1. The van der Waals surface area contributed by atoms with Crippen LogP contribution in [0.25, 0.3) is 11.5 Å². The fraction of sp³-hybridized carbons (Fsp3) is 0.0909. The molecule has 0 spiro atoms. The maximum atomic E-state index is 8.64. The minimum Gasteiger partial charge on any atom is -0.444 e. The van der Waals surface area contributed by atoms with Crippen LogP contribution >= 0.6 is 0 Å². The lowest BCUT2D eigenvalue weighted by Gasteiger charge is -1.94. The molecule has 15 heavy (non-hydrogen) atoms. The lowest BCUT2D eigenvalue weighted by Crippen LogP contribution is -1.83. The van der Waals surface area contributed by atoms with Crippen molar-refractivity contribution in [3.63, 3.8) is 0 Å². The molecule has 0 saturated heterocycles. The van der Waals surface area contributed by atoms with E-state index < -0.39 is 0 Å². The van der Waals surface area contributed by atoms with Crippen LogP contribution in [-0.2, 0) is 6.32 Å². The van der Waals surface area contributed by atoms with Crippen LogP contribution in [0.1, 0.15) is 11.3 Å². The highest BCUT2D eigenvalue weighted by molar-refractivity contribution is 6.08. The zero-order valence-corrected chi connectivity index (χ0v) is 7.97. The van der Waals surface area contributed by atoms with Crippen LogP contribution in [0.15, 0.2) is 34.9 Å². The third kappa shape index (κ3) is 1.91. The molecular formula is C11H7BN2O. The van der Waals surface area contributed by atoms with E-state index in [1.165, 1.54) is 6.26 Å². The highest BCUT2D eigenvalue weighted by atomic mass is 16.3. The number of rotatable bonds is 2. The summed E-state index contributed by atoms with van der Waals surface area (Å²) in [6.45, 7) is 0. The lowest BCUT2D eigenvalue weighted by molar-refractivity contribution is 0.573. The smallest absolute Gasteiger partial charge is 0.226 e. The van der Waals surface area contributed by atoms with Crippen molar-refractivity contribution in [3.05, 3.63) is 41.8 Å². The average Bonchev–Trinajstić information content (AvgIpc) is 2.78. The van der Waals surface area contributed by atoms with Crippen molar-refractivity contribution in [2.45, 2.75) is 6.32 Å². The molecule has 0 fully saturated rings. The molecule has 3 nitrogen and oxygen atoms in total. The van der Waals surface area contributed by atoms with Crippen LogP contribution in [0.2, 0.25) is 0 Å². The van der Waals surface area contributed by atoms with Gasteiger partial charge in [0, 0.05) is 5.56 Å². The highest BCUT2D eigenvalue weighted by Gasteiger charge is 2.04. The van der Waals surface area contributed by atoms with Crippen LogP contribution in [0, 0.1) is 11.3 Å². The molecule has 0 N–H and O–H groups in total. The summed E-state index contributed by atoms with van der Waals surface area (Å²) in [5, 5.41) is 8.64. The Kier molecular flexibility index (Phi) is 2.55. The normalized spacial score (nSPS) is 9.80. The lowest BCUT2D eigenvalue weighted by atomic mass is 10.0. The molecule has 0 aliphatic heterocycles. The number of oxazole rings is 1. The standard InChI is InChI=1S/C11H7BN2O/c12-5-10-7-15-11(14-10)9-3-1-8(6-13)2-4-9/h1-4,7H,5H2. The van der Waals surface area contributed by atoms with E-state index in [4.69, 9.17) is 17.5 Å². The molecule has 0 aliphatic rings. The summed E-state index contributed by atoms with van der Waals surface area (Å²) in [6.07, 6.45) is 1.90. The molecule has 0 amide bonds. The largest absolute Gasteiger partial charge is 0.444 e. The summed E-state index contributed by atoms with van der Waals surface area (Å²) in [7, 11) is 5.42. The molecule has 1 aromatic heterocycles. The van der Waals surface area contributed by atoms with Crippen LogP contribution in [0.5, 0.6) is 0 Å². The van der Waals surface area contributed by atoms with E-state index in [2.05, 4.69) is 11.1 Å². The van der Waals surface area contributed by atoms with Gasteiger partial charge < -0.3 is 4.42 Å². The zero-order chi connectivity index (χ0) is 10.7. The maximum Gasteiger partial charge on any atom is 0.226 e. The maximum absolute atomic E-state index is 8.64. The Hall–Kier alpha value is -2.02. The first-order chi connectivity index (χ1) is 7.33. The number of hydrogen-bond donors (Lipinski definition) is 0. The van der Waals surface area contributed by atoms with Crippen molar-refractivity contribution in [3.8, 4) is 17.5 Å². The first kappa shape index (κ1) is 9.54. The second-order valence-electron chi connectivity index (χ2n) is 3.04. The molecule has 0 atom stereocenters. The molecule has 0 unspecified atom stereocenters. The molecule has 70 valence electrons. The van der Waals surface area contributed by atoms with Gasteiger partial charge in [-0.3, -0.25) is 0 Å². The summed E-state index contributed by atoms with van der Waals surface area (Å²) in [5.74, 6) is 0.528. The second-order valence-corrected chi connectivity index (χ2v) is 3.04. The van der Waals surface area contributed by atoms with Crippen molar-refractivity contribution in [2.24, 2.45) is 0 Å². The minimum atomic E-state index is 0.361.